The fourth-order valence-corrected chi connectivity index (χ4v) is 3.40. The number of carbonyl (C=O) groups is 2. The van der Waals surface area contributed by atoms with Gasteiger partial charge in [0.1, 0.15) is 0 Å². The Kier molecular flexibility index (Phi) is 5.44. The lowest BCUT2D eigenvalue weighted by atomic mass is 10.1. The lowest BCUT2D eigenvalue weighted by molar-refractivity contribution is -0.106. The highest BCUT2D eigenvalue weighted by molar-refractivity contribution is 6.00. The molecule has 0 radical (unpaired) electrons. The Labute approximate surface area is 178 Å². The van der Waals surface area contributed by atoms with Gasteiger partial charge in [0.25, 0.3) is 5.91 Å². The van der Waals surface area contributed by atoms with Crippen LogP contribution in [0.1, 0.15) is 23.2 Å². The van der Waals surface area contributed by atoms with Gasteiger partial charge in [0.15, 0.2) is 11.5 Å². The predicted octanol–water partition coefficient (Wildman–Crippen LogP) is 1.53. The molecule has 0 aliphatic heterocycles. The van der Waals surface area contributed by atoms with E-state index < -0.39 is 0 Å². The molecule has 2 N–H and O–H groups in total. The highest BCUT2D eigenvalue weighted by Crippen LogP contribution is 2.30. The number of nitrogens with two attached hydrogens (primary N) is 1. The lowest BCUT2D eigenvalue weighted by Crippen LogP contribution is -2.28. The lowest BCUT2D eigenvalue weighted by Gasteiger charge is -2.16. The molecule has 4 aromatic heterocycles. The summed E-state index contributed by atoms with van der Waals surface area (Å²) in [5.41, 5.74) is 7.99. The first-order valence-corrected chi connectivity index (χ1v) is 9.75. The van der Waals surface area contributed by atoms with Gasteiger partial charge in [-0.3, -0.25) is 19.3 Å². The molecule has 0 spiro atoms. The molecule has 0 aromatic carbocycles. The minimum atomic E-state index is 0.00277. The molecule has 31 heavy (non-hydrogen) atoms. The maximum atomic E-state index is 12.9. The molecule has 10 nitrogen and oxygen atoms in total. The first-order chi connectivity index (χ1) is 15.0. The molecule has 4 aromatic rings. The quantitative estimate of drug-likeness (QED) is 0.501. The molecule has 0 atom stereocenters. The van der Waals surface area contributed by atoms with E-state index in [1.165, 1.54) is 0 Å². The van der Waals surface area contributed by atoms with Crippen LogP contribution in [0.3, 0.4) is 0 Å². The summed E-state index contributed by atoms with van der Waals surface area (Å²) in [5.74, 6) is 0.614. The molecule has 10 heteroatoms. The molecule has 4 heterocycles. The van der Waals surface area contributed by atoms with Gasteiger partial charge in [0.05, 0.1) is 17.5 Å². The summed E-state index contributed by atoms with van der Waals surface area (Å²) in [6.45, 7) is 0. The van der Waals surface area contributed by atoms with Gasteiger partial charge in [0.2, 0.25) is 6.41 Å². The largest absolute Gasteiger partial charge is 0.372 e. The van der Waals surface area contributed by atoms with Gasteiger partial charge in [0, 0.05) is 49.9 Å². The average molecular weight is 418 g/mol. The molecule has 1 aliphatic carbocycles. The molecule has 1 fully saturated rings. The molecule has 2 amide bonds. The Bertz CT molecular complexity index is 1230. The molecule has 0 bridgehead atoms. The van der Waals surface area contributed by atoms with Crippen LogP contribution in [0.4, 0.5) is 0 Å². The standard InChI is InChI=1S/C20H19N7O.CH3NO/c1-25(15-5-6-15)20(28)16-12-22-26(2)18(16)13-7-9-27-17(10-13)23-19(24-27)14-4-3-8-21-11-14;2-1-3/h3-4,7-12,15H,5-6H2,1-2H3;1H,(H2,2,3). The monoisotopic (exact) mass is 418 g/mol. The van der Waals surface area contributed by atoms with Crippen molar-refractivity contribution in [1.29, 1.82) is 0 Å². The number of hydrogen-bond acceptors (Lipinski definition) is 6. The summed E-state index contributed by atoms with van der Waals surface area (Å²) in [4.78, 5) is 32.1. The highest BCUT2D eigenvalue weighted by Gasteiger charge is 2.32. The molecule has 158 valence electrons. The number of pyridine rings is 2. The van der Waals surface area contributed by atoms with Crippen LogP contribution < -0.4 is 5.73 Å². The molecule has 0 saturated heterocycles. The number of fused-ring (bicyclic) bond motifs is 1. The topological polar surface area (TPSA) is 124 Å². The number of nitrogens with zero attached hydrogens (tertiary/aromatic N) is 7. The van der Waals surface area contributed by atoms with Crippen molar-refractivity contribution in [1.82, 2.24) is 34.3 Å². The molecular weight excluding hydrogens is 396 g/mol. The van der Waals surface area contributed by atoms with Gasteiger partial charge in [-0.15, -0.1) is 5.10 Å². The summed E-state index contributed by atoms with van der Waals surface area (Å²) in [6.07, 6.45) is 9.34. The highest BCUT2D eigenvalue weighted by atomic mass is 16.2. The zero-order chi connectivity index (χ0) is 22.0. The molecule has 0 unspecified atom stereocenters. The number of hydrogen-bond donors (Lipinski definition) is 1. The number of aryl methyl sites for hydroxylation is 1. The van der Waals surface area contributed by atoms with E-state index in [2.05, 4.69) is 25.9 Å². The van der Waals surface area contributed by atoms with Gasteiger partial charge in [-0.25, -0.2) is 9.50 Å². The molecule has 5 rings (SSSR count). The Morgan fingerprint density at radius 2 is 2.03 bits per heavy atom. The third-order valence-corrected chi connectivity index (χ3v) is 5.11. The second-order valence-corrected chi connectivity index (χ2v) is 7.21. The Morgan fingerprint density at radius 1 is 1.26 bits per heavy atom. The minimum absolute atomic E-state index is 0.00277. The van der Waals surface area contributed by atoms with E-state index in [1.807, 2.05) is 49.5 Å². The zero-order valence-corrected chi connectivity index (χ0v) is 17.2. The van der Waals surface area contributed by atoms with Crippen LogP contribution in [0.25, 0.3) is 28.3 Å². The average Bonchev–Trinajstić information content (AvgIpc) is 3.43. The van der Waals surface area contributed by atoms with E-state index in [4.69, 9.17) is 4.79 Å². The Hall–Kier alpha value is -4.08. The second-order valence-electron chi connectivity index (χ2n) is 7.21. The number of carbonyl (C=O) groups excluding carboxylic acids is 2. The van der Waals surface area contributed by atoms with E-state index in [1.54, 1.807) is 27.8 Å². The first-order valence-electron chi connectivity index (χ1n) is 9.75. The maximum Gasteiger partial charge on any atom is 0.257 e. The van der Waals surface area contributed by atoms with Crippen molar-refractivity contribution >= 4 is 18.0 Å². The summed E-state index contributed by atoms with van der Waals surface area (Å²) in [6, 6.07) is 7.99. The molecular formula is C21H22N8O2. The van der Waals surface area contributed by atoms with Crippen molar-refractivity contribution in [2.75, 3.05) is 7.05 Å². The normalized spacial score (nSPS) is 12.8. The van der Waals surface area contributed by atoms with Crippen LogP contribution >= 0.6 is 0 Å². The number of primary amides is 1. The van der Waals surface area contributed by atoms with Crippen molar-refractivity contribution in [2.24, 2.45) is 12.8 Å². The van der Waals surface area contributed by atoms with Crippen molar-refractivity contribution in [2.45, 2.75) is 18.9 Å². The zero-order valence-electron chi connectivity index (χ0n) is 17.2. The summed E-state index contributed by atoms with van der Waals surface area (Å²) in [7, 11) is 3.71. The third kappa shape index (κ3) is 4.00. The predicted molar refractivity (Wildman–Crippen MR) is 114 cm³/mol. The van der Waals surface area contributed by atoms with Crippen LogP contribution in [0.5, 0.6) is 0 Å². The van der Waals surface area contributed by atoms with Gasteiger partial charge in [-0.1, -0.05) is 0 Å². The van der Waals surface area contributed by atoms with E-state index >= 15 is 0 Å². The van der Waals surface area contributed by atoms with Crippen molar-refractivity contribution in [3.05, 3.63) is 54.6 Å². The van der Waals surface area contributed by atoms with Crippen LogP contribution in [0.2, 0.25) is 0 Å². The van der Waals surface area contributed by atoms with E-state index in [-0.39, 0.29) is 12.3 Å². The van der Waals surface area contributed by atoms with Crippen LogP contribution in [0, 0.1) is 0 Å². The number of aromatic nitrogens is 6. The third-order valence-electron chi connectivity index (χ3n) is 5.11. The Balaban J connectivity index is 0.000000730. The summed E-state index contributed by atoms with van der Waals surface area (Å²) < 4.78 is 3.46. The summed E-state index contributed by atoms with van der Waals surface area (Å²) >= 11 is 0. The van der Waals surface area contributed by atoms with Crippen molar-refractivity contribution in [3.8, 4) is 22.6 Å². The Morgan fingerprint density at radius 3 is 2.71 bits per heavy atom. The van der Waals surface area contributed by atoms with Crippen LogP contribution in [-0.2, 0) is 11.8 Å². The van der Waals surface area contributed by atoms with E-state index in [9.17, 15) is 4.79 Å². The van der Waals surface area contributed by atoms with Gasteiger partial charge >= 0.3 is 0 Å². The van der Waals surface area contributed by atoms with Crippen LogP contribution in [0.15, 0.2) is 49.1 Å². The SMILES string of the molecule is CN(C(=O)c1cnn(C)c1-c1ccn2nc(-c3cccnc3)nc2c1)C1CC1.NC=O. The number of amides is 2. The van der Waals surface area contributed by atoms with Crippen LogP contribution in [-0.4, -0.2) is 59.7 Å². The van der Waals surface area contributed by atoms with E-state index in [0.717, 1.165) is 29.7 Å². The first kappa shape index (κ1) is 20.2. The van der Waals surface area contributed by atoms with Crippen molar-refractivity contribution < 1.29 is 9.59 Å². The summed E-state index contributed by atoms with van der Waals surface area (Å²) in [5, 5.41) is 8.84. The van der Waals surface area contributed by atoms with Gasteiger partial charge < -0.3 is 10.6 Å². The van der Waals surface area contributed by atoms with Crippen molar-refractivity contribution in [3.63, 3.8) is 0 Å². The van der Waals surface area contributed by atoms with E-state index in [0.29, 0.717) is 23.1 Å². The minimum Gasteiger partial charge on any atom is -0.372 e. The molecule has 1 aliphatic rings. The second kappa shape index (κ2) is 8.34. The maximum absolute atomic E-state index is 12.9. The molecule has 1 saturated carbocycles. The van der Waals surface area contributed by atoms with Gasteiger partial charge in [-0.05, 0) is 37.1 Å². The fraction of sp³-hybridized carbons (Fsp3) is 0.238. The fourth-order valence-electron chi connectivity index (χ4n) is 3.40. The van der Waals surface area contributed by atoms with Gasteiger partial charge in [-0.2, -0.15) is 5.10 Å². The smallest absolute Gasteiger partial charge is 0.257 e. The number of rotatable bonds is 4.